The first kappa shape index (κ1) is 29.7. The van der Waals surface area contributed by atoms with Crippen LogP contribution < -0.4 is 11.2 Å². The Labute approximate surface area is 218 Å². The molecule has 9 nitrogen and oxygen atoms in total. The highest BCUT2D eigenvalue weighted by molar-refractivity contribution is 6.84. The summed E-state index contributed by atoms with van der Waals surface area (Å²) in [5, 5.41) is 0. The van der Waals surface area contributed by atoms with Crippen molar-refractivity contribution in [2.45, 2.75) is 122 Å². The summed E-state index contributed by atoms with van der Waals surface area (Å²) in [5.41, 5.74) is -0.234. The summed E-state index contributed by atoms with van der Waals surface area (Å²) in [5.74, 6) is 0. The molecule has 4 atom stereocenters. The van der Waals surface area contributed by atoms with Crippen molar-refractivity contribution in [3.63, 3.8) is 0 Å². The first-order valence-electron chi connectivity index (χ1n) is 13.2. The van der Waals surface area contributed by atoms with E-state index in [1.807, 2.05) is 0 Å². The van der Waals surface area contributed by atoms with Gasteiger partial charge in [0.1, 0.15) is 18.3 Å². The lowest BCUT2D eigenvalue weighted by atomic mass is 10.1. The number of ether oxygens (including phenoxy) is 1. The lowest BCUT2D eigenvalue weighted by molar-refractivity contribution is -0.0592. The minimum atomic E-state index is -2.89. The maximum atomic E-state index is 12.8. The van der Waals surface area contributed by atoms with Gasteiger partial charge in [-0.15, -0.1) is 0 Å². The predicted octanol–water partition coefficient (Wildman–Crippen LogP) is 4.61. The summed E-state index contributed by atoms with van der Waals surface area (Å²) in [7, 11) is -7.71. The Morgan fingerprint density at radius 2 is 1.53 bits per heavy atom. The molecule has 2 aliphatic heterocycles. The third-order valence-corrected chi connectivity index (χ3v) is 18.5. The molecule has 0 aliphatic carbocycles. The summed E-state index contributed by atoms with van der Waals surface area (Å²) in [6.07, 6.45) is -0.733. The zero-order valence-corrected chi connectivity index (χ0v) is 26.8. The van der Waals surface area contributed by atoms with Crippen LogP contribution in [-0.2, 0) is 22.1 Å². The van der Waals surface area contributed by atoms with Crippen molar-refractivity contribution in [1.82, 2.24) is 9.55 Å². The van der Waals surface area contributed by atoms with E-state index in [9.17, 15) is 9.59 Å². The molecule has 0 bridgehead atoms. The molecule has 0 aromatic carbocycles. The number of nitrogens with zero attached hydrogens (tertiary/aromatic N) is 1. The Morgan fingerprint density at radius 1 is 0.972 bits per heavy atom. The predicted molar refractivity (Wildman–Crippen MR) is 147 cm³/mol. The van der Waals surface area contributed by atoms with Gasteiger partial charge in [0, 0.05) is 12.3 Å². The molecule has 1 aromatic heterocycles. The first-order chi connectivity index (χ1) is 16.5. The molecule has 1 N–H and O–H groups in total. The van der Waals surface area contributed by atoms with E-state index >= 15 is 0 Å². The quantitative estimate of drug-likeness (QED) is 0.488. The normalized spacial score (nSPS) is 28.5. The fourth-order valence-electron chi connectivity index (χ4n) is 5.51. The molecule has 2 aliphatic rings. The van der Waals surface area contributed by atoms with E-state index in [4.69, 9.17) is 22.1 Å². The van der Waals surface area contributed by atoms with E-state index in [2.05, 4.69) is 80.0 Å². The van der Waals surface area contributed by atoms with Gasteiger partial charge in [0.2, 0.25) is 0 Å². The van der Waals surface area contributed by atoms with Gasteiger partial charge in [-0.1, -0.05) is 55.4 Å². The van der Waals surface area contributed by atoms with E-state index in [-0.39, 0.29) is 22.2 Å². The van der Waals surface area contributed by atoms with Crippen molar-refractivity contribution in [3.8, 4) is 0 Å². The van der Waals surface area contributed by atoms with Crippen LogP contribution in [0.25, 0.3) is 0 Å². The SMILES string of the molecule is CC(C)[Si]1(C(C)C)OC[C@H]2O[C@@H](n3ccc(=O)[nH]c3=O)[C@@H](O[Si](C)(C)C)[C@@H]2O[Si](C(C)C)(C(C)C)O1. The highest BCUT2D eigenvalue weighted by atomic mass is 28.5. The fraction of sp³-hybridized carbons (Fsp3) is 0.833. The van der Waals surface area contributed by atoms with Crippen molar-refractivity contribution in [2.75, 3.05) is 6.61 Å². The lowest BCUT2D eigenvalue weighted by Gasteiger charge is -2.51. The van der Waals surface area contributed by atoms with E-state index < -0.39 is 61.2 Å². The van der Waals surface area contributed by atoms with Crippen molar-refractivity contribution in [1.29, 1.82) is 0 Å². The van der Waals surface area contributed by atoms with Gasteiger partial charge in [0.05, 0.1) is 6.61 Å². The molecule has 0 amide bonds. The monoisotopic (exact) mass is 558 g/mol. The van der Waals surface area contributed by atoms with Crippen LogP contribution in [0, 0.1) is 0 Å². The second-order valence-electron chi connectivity index (χ2n) is 12.3. The standard InChI is InChI=1S/C24H46N2O7Si3/c1-15(2)35(16(3)4)29-14-19-21(32-36(33-35,17(5)6)18(7)8)22(31-34(9,10)11)23(30-19)26-13-12-20(27)25-24(26)28/h12-13,15-19,21-23H,14H2,1-11H3,(H,25,27,28)/t19-,21-,22+,23-/m1/s1. The fourth-order valence-corrected chi connectivity index (χ4v) is 17.8. The number of aromatic nitrogens is 2. The maximum Gasteiger partial charge on any atom is 0.335 e. The molecule has 0 spiro atoms. The van der Waals surface area contributed by atoms with Crippen LogP contribution in [-0.4, -0.2) is 59.9 Å². The van der Waals surface area contributed by atoms with Gasteiger partial charge >= 0.3 is 22.8 Å². The average molecular weight is 559 g/mol. The smallest absolute Gasteiger partial charge is 0.335 e. The van der Waals surface area contributed by atoms with Crippen molar-refractivity contribution in [2.24, 2.45) is 0 Å². The van der Waals surface area contributed by atoms with Gasteiger partial charge in [-0.05, 0) is 41.8 Å². The van der Waals surface area contributed by atoms with Gasteiger partial charge in [-0.3, -0.25) is 14.3 Å². The van der Waals surface area contributed by atoms with Gasteiger partial charge in [-0.25, -0.2) is 4.79 Å². The number of nitrogens with one attached hydrogen (secondary N) is 1. The largest absolute Gasteiger partial charge is 0.414 e. The highest BCUT2D eigenvalue weighted by Crippen LogP contribution is 2.48. The molecule has 3 rings (SSSR count). The van der Waals surface area contributed by atoms with Gasteiger partial charge in [0.25, 0.3) is 5.56 Å². The van der Waals surface area contributed by atoms with Crippen LogP contribution >= 0.6 is 0 Å². The average Bonchev–Trinajstić information content (AvgIpc) is 3.01. The Balaban J connectivity index is 2.18. The van der Waals surface area contributed by atoms with Crippen molar-refractivity contribution >= 4 is 25.4 Å². The molecule has 36 heavy (non-hydrogen) atoms. The molecular weight excluding hydrogens is 513 g/mol. The van der Waals surface area contributed by atoms with Crippen LogP contribution in [0.4, 0.5) is 0 Å². The molecule has 2 fully saturated rings. The summed E-state index contributed by atoms with van der Waals surface area (Å²) in [4.78, 5) is 26.9. The summed E-state index contributed by atoms with van der Waals surface area (Å²) in [6, 6.07) is 1.33. The number of aromatic amines is 1. The summed E-state index contributed by atoms with van der Waals surface area (Å²) >= 11 is 0. The summed E-state index contributed by atoms with van der Waals surface area (Å²) in [6.45, 7) is 24.0. The van der Waals surface area contributed by atoms with Crippen molar-refractivity contribution in [3.05, 3.63) is 33.1 Å². The molecule has 0 radical (unpaired) electrons. The number of H-pyrrole nitrogens is 1. The molecule has 3 heterocycles. The summed E-state index contributed by atoms with van der Waals surface area (Å²) < 4.78 is 36.0. The number of fused-ring (bicyclic) bond motifs is 1. The topological polar surface area (TPSA) is 101 Å². The Bertz CT molecular complexity index is 1000. The Morgan fingerprint density at radius 3 is 2.00 bits per heavy atom. The van der Waals surface area contributed by atoms with Gasteiger partial charge in [0.15, 0.2) is 14.5 Å². The molecule has 206 valence electrons. The highest BCUT2D eigenvalue weighted by Gasteiger charge is 2.62. The zero-order valence-electron chi connectivity index (χ0n) is 23.8. The van der Waals surface area contributed by atoms with E-state index in [0.29, 0.717) is 6.61 Å². The third-order valence-electron chi connectivity index (χ3n) is 7.23. The van der Waals surface area contributed by atoms with Crippen LogP contribution in [0.1, 0.15) is 61.6 Å². The minimum Gasteiger partial charge on any atom is -0.414 e. The molecule has 0 saturated carbocycles. The Kier molecular flexibility index (Phi) is 8.83. The lowest BCUT2D eigenvalue weighted by Crippen LogP contribution is -2.66. The second kappa shape index (κ2) is 10.7. The van der Waals surface area contributed by atoms with Crippen LogP contribution in [0.15, 0.2) is 21.9 Å². The molecule has 12 heteroatoms. The van der Waals surface area contributed by atoms with Crippen LogP contribution in [0.2, 0.25) is 41.8 Å². The second-order valence-corrected chi connectivity index (χ2v) is 25.6. The number of rotatable bonds is 7. The van der Waals surface area contributed by atoms with Gasteiger partial charge < -0.3 is 22.1 Å². The molecule has 1 aromatic rings. The maximum absolute atomic E-state index is 12.8. The molecular formula is C24H46N2O7Si3. The zero-order chi connectivity index (χ0) is 27.2. The van der Waals surface area contributed by atoms with Crippen molar-refractivity contribution < 1.29 is 22.1 Å². The Hall–Kier alpha value is -0.869. The van der Waals surface area contributed by atoms with E-state index in [0.717, 1.165) is 0 Å². The molecule has 0 unspecified atom stereocenters. The van der Waals surface area contributed by atoms with Crippen LogP contribution in [0.3, 0.4) is 0 Å². The number of hydrogen-bond donors (Lipinski definition) is 1. The number of hydrogen-bond acceptors (Lipinski definition) is 7. The van der Waals surface area contributed by atoms with Gasteiger partial charge in [-0.2, -0.15) is 0 Å². The minimum absolute atomic E-state index is 0.159. The van der Waals surface area contributed by atoms with Crippen LogP contribution in [0.5, 0.6) is 0 Å². The third kappa shape index (κ3) is 5.60. The van der Waals surface area contributed by atoms with E-state index in [1.54, 1.807) is 0 Å². The first-order valence-corrected chi connectivity index (χ1v) is 20.6. The molecule has 2 saturated heterocycles. The van der Waals surface area contributed by atoms with E-state index in [1.165, 1.54) is 16.8 Å².